The number of carbonyl (C=O) groups is 1. The summed E-state index contributed by atoms with van der Waals surface area (Å²) in [6.07, 6.45) is 0.219. The maximum absolute atomic E-state index is 11.4. The van der Waals surface area contributed by atoms with E-state index in [2.05, 4.69) is 4.72 Å². The highest BCUT2D eigenvalue weighted by atomic mass is 32.2. The number of rotatable bonds is 5. The third-order valence-electron chi connectivity index (χ3n) is 1.67. The topological polar surface area (TPSA) is 66.4 Å². The van der Waals surface area contributed by atoms with Gasteiger partial charge in [0.2, 0.25) is 11.3 Å². The van der Waals surface area contributed by atoms with E-state index in [1.807, 2.05) is 6.07 Å². The van der Waals surface area contributed by atoms with Gasteiger partial charge in [-0.05, 0) is 0 Å². The lowest BCUT2D eigenvalue weighted by molar-refractivity contribution is 0.0984. The van der Waals surface area contributed by atoms with Gasteiger partial charge in [0.15, 0.2) is 5.78 Å². The van der Waals surface area contributed by atoms with E-state index in [0.29, 0.717) is 5.56 Å². The monoisotopic (exact) mass is 213 g/mol. The van der Waals surface area contributed by atoms with E-state index in [0.717, 1.165) is 0 Å². The highest BCUT2D eigenvalue weighted by Crippen LogP contribution is 2.01. The van der Waals surface area contributed by atoms with E-state index in [-0.39, 0.29) is 18.7 Å². The van der Waals surface area contributed by atoms with E-state index in [1.165, 1.54) is 0 Å². The fourth-order valence-corrected chi connectivity index (χ4v) is 1.30. The number of carbonyl (C=O) groups excluding carboxylic acids is 1. The first-order valence-corrected chi connectivity index (χ1v) is 5.23. The Morgan fingerprint density at radius 3 is 2.57 bits per heavy atom. The van der Waals surface area contributed by atoms with Crippen molar-refractivity contribution in [2.45, 2.75) is 6.42 Å². The highest BCUT2D eigenvalue weighted by Gasteiger charge is 2.04. The summed E-state index contributed by atoms with van der Waals surface area (Å²) in [7, 11) is 0. The van der Waals surface area contributed by atoms with Gasteiger partial charge in [-0.3, -0.25) is 9.35 Å². The van der Waals surface area contributed by atoms with Gasteiger partial charge in [-0.25, -0.2) is 8.93 Å². The van der Waals surface area contributed by atoms with Gasteiger partial charge in [0.05, 0.1) is 0 Å². The van der Waals surface area contributed by atoms with Crippen molar-refractivity contribution in [1.29, 1.82) is 0 Å². The largest absolute Gasteiger partial charge is 0.294 e. The van der Waals surface area contributed by atoms with Crippen LogP contribution < -0.4 is 4.72 Å². The fraction of sp³-hybridized carbons (Fsp3) is 0.222. The molecule has 0 saturated carbocycles. The lowest BCUT2D eigenvalue weighted by Crippen LogP contribution is -2.20. The van der Waals surface area contributed by atoms with E-state index < -0.39 is 11.3 Å². The molecule has 1 unspecified atom stereocenters. The van der Waals surface area contributed by atoms with Crippen molar-refractivity contribution >= 4 is 17.0 Å². The molecule has 4 nitrogen and oxygen atoms in total. The lowest BCUT2D eigenvalue weighted by atomic mass is 10.1. The molecule has 1 rings (SSSR count). The van der Waals surface area contributed by atoms with Crippen molar-refractivity contribution in [3.05, 3.63) is 35.9 Å². The predicted molar refractivity (Wildman–Crippen MR) is 54.2 cm³/mol. The SMILES string of the molecule is O=C(CCNS(=O)O)c1ccccc1. The van der Waals surface area contributed by atoms with Crippen LogP contribution in [0.4, 0.5) is 0 Å². The Morgan fingerprint density at radius 2 is 2.00 bits per heavy atom. The van der Waals surface area contributed by atoms with Gasteiger partial charge in [-0.2, -0.15) is 0 Å². The third-order valence-corrected chi connectivity index (χ3v) is 2.12. The van der Waals surface area contributed by atoms with E-state index >= 15 is 0 Å². The molecule has 1 aromatic carbocycles. The normalized spacial score (nSPS) is 12.4. The number of nitrogens with one attached hydrogen (secondary N) is 1. The first-order valence-electron chi connectivity index (χ1n) is 4.13. The summed E-state index contributed by atoms with van der Waals surface area (Å²) in [5.41, 5.74) is 0.623. The summed E-state index contributed by atoms with van der Waals surface area (Å²) >= 11 is -2.04. The molecule has 0 aliphatic carbocycles. The average molecular weight is 213 g/mol. The van der Waals surface area contributed by atoms with Gasteiger partial charge in [-0.15, -0.1) is 0 Å². The highest BCUT2D eigenvalue weighted by molar-refractivity contribution is 7.77. The standard InChI is InChI=1S/C9H11NO3S/c11-9(6-7-10-14(12)13)8-4-2-1-3-5-8/h1-5,10H,6-7H2,(H,12,13). The van der Waals surface area contributed by atoms with Gasteiger partial charge in [0.1, 0.15) is 0 Å². The summed E-state index contributed by atoms with van der Waals surface area (Å²) in [5.74, 6) is -0.0384. The zero-order valence-electron chi connectivity index (χ0n) is 7.47. The summed E-state index contributed by atoms with van der Waals surface area (Å²) in [5, 5.41) is 0. The molecule has 0 aromatic heterocycles. The van der Waals surface area contributed by atoms with Gasteiger partial charge in [0, 0.05) is 18.5 Å². The second-order valence-corrected chi connectivity index (χ2v) is 3.47. The first kappa shape index (κ1) is 11.0. The van der Waals surface area contributed by atoms with Crippen LogP contribution in [-0.2, 0) is 11.3 Å². The Bertz CT molecular complexity index is 326. The van der Waals surface area contributed by atoms with Crippen molar-refractivity contribution in [2.24, 2.45) is 0 Å². The van der Waals surface area contributed by atoms with Crippen molar-refractivity contribution in [1.82, 2.24) is 4.72 Å². The summed E-state index contributed by atoms with van der Waals surface area (Å²) in [6, 6.07) is 8.84. The molecule has 14 heavy (non-hydrogen) atoms. The van der Waals surface area contributed by atoms with Crippen LogP contribution in [0.2, 0.25) is 0 Å². The van der Waals surface area contributed by atoms with Gasteiger partial charge in [-0.1, -0.05) is 30.3 Å². The molecule has 0 radical (unpaired) electrons. The number of hydrogen-bond acceptors (Lipinski definition) is 2. The summed E-state index contributed by atoms with van der Waals surface area (Å²) < 4.78 is 20.8. The molecule has 0 aliphatic heterocycles. The van der Waals surface area contributed by atoms with Crippen LogP contribution in [0.25, 0.3) is 0 Å². The first-order chi connectivity index (χ1) is 6.70. The summed E-state index contributed by atoms with van der Waals surface area (Å²) in [6.45, 7) is 0.205. The zero-order valence-corrected chi connectivity index (χ0v) is 8.29. The Kier molecular flexibility index (Phi) is 4.45. The van der Waals surface area contributed by atoms with Crippen molar-refractivity contribution in [3.8, 4) is 0 Å². The van der Waals surface area contributed by atoms with Gasteiger partial charge in [0.25, 0.3) is 0 Å². The third kappa shape index (κ3) is 3.78. The predicted octanol–water partition coefficient (Wildman–Crippen LogP) is 0.986. The second-order valence-electron chi connectivity index (χ2n) is 2.68. The van der Waals surface area contributed by atoms with Gasteiger partial charge < -0.3 is 0 Å². The van der Waals surface area contributed by atoms with Crippen molar-refractivity contribution in [3.63, 3.8) is 0 Å². The smallest absolute Gasteiger partial charge is 0.231 e. The molecular weight excluding hydrogens is 202 g/mol. The molecule has 1 atom stereocenters. The van der Waals surface area contributed by atoms with Crippen molar-refractivity contribution in [2.75, 3.05) is 6.54 Å². The van der Waals surface area contributed by atoms with Crippen LogP contribution in [0.15, 0.2) is 30.3 Å². The minimum Gasteiger partial charge on any atom is -0.294 e. The minimum atomic E-state index is -2.04. The van der Waals surface area contributed by atoms with Crippen LogP contribution >= 0.6 is 0 Å². The van der Waals surface area contributed by atoms with Crippen LogP contribution in [0.1, 0.15) is 16.8 Å². The molecule has 0 aliphatic rings. The number of benzene rings is 1. The Balaban J connectivity index is 2.40. The quantitative estimate of drug-likeness (QED) is 0.566. The number of hydrogen-bond donors (Lipinski definition) is 2. The Hall–Kier alpha value is -1.04. The molecule has 2 N–H and O–H groups in total. The summed E-state index contributed by atoms with van der Waals surface area (Å²) in [4.78, 5) is 11.4. The van der Waals surface area contributed by atoms with Crippen LogP contribution in [-0.4, -0.2) is 21.1 Å². The van der Waals surface area contributed by atoms with Crippen LogP contribution in [0.3, 0.4) is 0 Å². The molecule has 5 heteroatoms. The van der Waals surface area contributed by atoms with E-state index in [4.69, 9.17) is 4.55 Å². The maximum atomic E-state index is 11.4. The molecule has 0 fully saturated rings. The maximum Gasteiger partial charge on any atom is 0.231 e. The van der Waals surface area contributed by atoms with Gasteiger partial charge >= 0.3 is 0 Å². The zero-order chi connectivity index (χ0) is 10.4. The molecule has 0 heterocycles. The fourth-order valence-electron chi connectivity index (χ4n) is 1.02. The second kappa shape index (κ2) is 5.64. The minimum absolute atomic E-state index is 0.0384. The lowest BCUT2D eigenvalue weighted by Gasteiger charge is -1.99. The Morgan fingerprint density at radius 1 is 1.36 bits per heavy atom. The molecular formula is C9H11NO3S. The molecule has 0 saturated heterocycles. The van der Waals surface area contributed by atoms with Crippen LogP contribution in [0.5, 0.6) is 0 Å². The molecule has 0 bridgehead atoms. The van der Waals surface area contributed by atoms with Crippen LogP contribution in [0, 0.1) is 0 Å². The number of ketones is 1. The molecule has 0 spiro atoms. The van der Waals surface area contributed by atoms with Crippen molar-refractivity contribution < 1.29 is 13.6 Å². The van der Waals surface area contributed by atoms with E-state index in [9.17, 15) is 9.00 Å². The molecule has 76 valence electrons. The molecule has 0 amide bonds. The number of Topliss-reactive ketones (excluding diaryl/α,β-unsaturated/α-hetero) is 1. The Labute approximate surface area is 84.8 Å². The molecule has 1 aromatic rings. The average Bonchev–Trinajstić information content (AvgIpc) is 2.18. The van der Waals surface area contributed by atoms with E-state index in [1.54, 1.807) is 24.3 Å².